The zero-order valence-corrected chi connectivity index (χ0v) is 15.8. The maximum absolute atomic E-state index is 10.9. The van der Waals surface area contributed by atoms with Crippen molar-refractivity contribution >= 4 is 11.9 Å². The molecule has 0 fully saturated rings. The van der Waals surface area contributed by atoms with Gasteiger partial charge in [0.25, 0.3) is 0 Å². The Bertz CT molecular complexity index is 614. The molecule has 0 saturated heterocycles. The molecule has 1 aromatic carbocycles. The summed E-state index contributed by atoms with van der Waals surface area (Å²) >= 11 is 0. The van der Waals surface area contributed by atoms with Gasteiger partial charge in [0.1, 0.15) is 37.9 Å². The summed E-state index contributed by atoms with van der Waals surface area (Å²) in [6.07, 6.45) is 2.20. The number of hydrogen-bond acceptors (Lipinski definition) is 8. The van der Waals surface area contributed by atoms with Crippen LogP contribution in [0.4, 0.5) is 0 Å². The molecule has 0 amide bonds. The molecule has 0 radical (unpaired) electrons. The van der Waals surface area contributed by atoms with E-state index in [-0.39, 0.29) is 19.8 Å². The lowest BCUT2D eigenvalue weighted by molar-refractivity contribution is -0.139. The Labute approximate surface area is 164 Å². The lowest BCUT2D eigenvalue weighted by Crippen LogP contribution is -2.13. The Hall–Kier alpha value is -2.84. The minimum atomic E-state index is -0.484. The number of carbonyl (C=O) groups is 2. The van der Waals surface area contributed by atoms with Gasteiger partial charge in [-0.2, -0.15) is 0 Å². The Morgan fingerprint density at radius 1 is 0.714 bits per heavy atom. The van der Waals surface area contributed by atoms with Crippen LogP contribution in [0.1, 0.15) is 0 Å². The fourth-order valence-corrected chi connectivity index (χ4v) is 1.82. The van der Waals surface area contributed by atoms with Crippen LogP contribution >= 0.6 is 0 Å². The summed E-state index contributed by atoms with van der Waals surface area (Å²) in [7, 11) is 0. The van der Waals surface area contributed by atoms with Gasteiger partial charge in [0.05, 0.1) is 26.4 Å². The SMILES string of the molecule is C=CC(=O)OCCOCCOCCOc1cccc(OCCOC(=O)C=C)c1. The molecule has 0 saturated carbocycles. The molecule has 0 N–H and O–H groups in total. The van der Waals surface area contributed by atoms with Crippen LogP contribution < -0.4 is 9.47 Å². The smallest absolute Gasteiger partial charge is 0.330 e. The van der Waals surface area contributed by atoms with Gasteiger partial charge in [-0.15, -0.1) is 0 Å². The molecule has 8 nitrogen and oxygen atoms in total. The predicted molar refractivity (Wildman–Crippen MR) is 101 cm³/mol. The third-order valence-electron chi connectivity index (χ3n) is 3.08. The van der Waals surface area contributed by atoms with Gasteiger partial charge in [-0.1, -0.05) is 19.2 Å². The summed E-state index contributed by atoms with van der Waals surface area (Å²) in [5.41, 5.74) is 0. The zero-order chi connectivity index (χ0) is 20.5. The van der Waals surface area contributed by atoms with Crippen LogP contribution in [0.15, 0.2) is 49.6 Å². The van der Waals surface area contributed by atoms with E-state index >= 15 is 0 Å². The molecular weight excluding hydrogens is 368 g/mol. The first-order valence-electron chi connectivity index (χ1n) is 8.75. The fourth-order valence-electron chi connectivity index (χ4n) is 1.82. The molecule has 1 rings (SSSR count). The van der Waals surface area contributed by atoms with E-state index in [1.54, 1.807) is 24.3 Å². The van der Waals surface area contributed by atoms with Crippen molar-refractivity contribution in [3.8, 4) is 11.5 Å². The number of ether oxygens (including phenoxy) is 6. The molecular formula is C20H26O8. The van der Waals surface area contributed by atoms with Crippen molar-refractivity contribution in [3.05, 3.63) is 49.6 Å². The summed E-state index contributed by atoms with van der Waals surface area (Å²) in [6, 6.07) is 7.12. The van der Waals surface area contributed by atoms with E-state index in [2.05, 4.69) is 13.2 Å². The third-order valence-corrected chi connectivity index (χ3v) is 3.08. The van der Waals surface area contributed by atoms with Crippen LogP contribution in [0.2, 0.25) is 0 Å². The van der Waals surface area contributed by atoms with Crippen molar-refractivity contribution in [2.45, 2.75) is 0 Å². The molecule has 0 aromatic heterocycles. The van der Waals surface area contributed by atoms with Crippen molar-refractivity contribution < 1.29 is 38.0 Å². The maximum atomic E-state index is 10.9. The van der Waals surface area contributed by atoms with Gasteiger partial charge in [-0.3, -0.25) is 0 Å². The molecule has 0 aliphatic carbocycles. The Morgan fingerprint density at radius 2 is 1.14 bits per heavy atom. The van der Waals surface area contributed by atoms with E-state index in [9.17, 15) is 9.59 Å². The molecule has 0 bridgehead atoms. The molecule has 154 valence electrons. The Morgan fingerprint density at radius 3 is 1.68 bits per heavy atom. The van der Waals surface area contributed by atoms with E-state index in [0.29, 0.717) is 44.5 Å². The van der Waals surface area contributed by atoms with Crippen molar-refractivity contribution in [3.63, 3.8) is 0 Å². The first kappa shape index (κ1) is 23.2. The van der Waals surface area contributed by atoms with Crippen molar-refractivity contribution in [1.29, 1.82) is 0 Å². The lowest BCUT2D eigenvalue weighted by Gasteiger charge is -2.10. The second kappa shape index (κ2) is 15.2. The minimum Gasteiger partial charge on any atom is -0.491 e. The highest BCUT2D eigenvalue weighted by molar-refractivity contribution is 5.81. The molecule has 0 aliphatic rings. The normalized spacial score (nSPS) is 10.0. The number of rotatable bonds is 16. The quantitative estimate of drug-likeness (QED) is 0.239. The molecule has 0 unspecified atom stereocenters. The Balaban J connectivity index is 2.04. The van der Waals surface area contributed by atoms with E-state index in [0.717, 1.165) is 12.2 Å². The molecule has 28 heavy (non-hydrogen) atoms. The predicted octanol–water partition coefficient (Wildman–Crippen LogP) is 1.94. The standard InChI is InChI=1S/C20H26O8/c1-3-19(21)27-13-11-24-9-8-23-10-12-25-17-6-5-7-18(16-17)26-14-15-28-20(22)4-2/h3-7,16H,1-2,8-15H2. The van der Waals surface area contributed by atoms with Gasteiger partial charge in [0.2, 0.25) is 0 Å². The number of esters is 2. The first-order chi connectivity index (χ1) is 13.7. The largest absolute Gasteiger partial charge is 0.491 e. The fraction of sp³-hybridized carbons (Fsp3) is 0.400. The van der Waals surface area contributed by atoms with E-state index in [4.69, 9.17) is 28.4 Å². The van der Waals surface area contributed by atoms with Gasteiger partial charge in [0, 0.05) is 18.2 Å². The van der Waals surface area contributed by atoms with Gasteiger partial charge in [-0.05, 0) is 12.1 Å². The number of carbonyl (C=O) groups excluding carboxylic acids is 2. The van der Waals surface area contributed by atoms with E-state index in [1.165, 1.54) is 0 Å². The second-order valence-corrected chi connectivity index (χ2v) is 5.14. The lowest BCUT2D eigenvalue weighted by atomic mass is 10.3. The molecule has 0 heterocycles. The summed E-state index contributed by atoms with van der Waals surface area (Å²) in [4.78, 5) is 21.7. The average Bonchev–Trinajstić information content (AvgIpc) is 2.72. The first-order valence-corrected chi connectivity index (χ1v) is 8.75. The summed E-state index contributed by atoms with van der Waals surface area (Å²) in [5, 5.41) is 0. The van der Waals surface area contributed by atoms with E-state index in [1.807, 2.05) is 0 Å². The van der Waals surface area contributed by atoms with Crippen LogP contribution in [0, 0.1) is 0 Å². The summed E-state index contributed by atoms with van der Waals surface area (Å²) in [6.45, 7) is 9.05. The highest BCUT2D eigenvalue weighted by atomic mass is 16.6. The molecule has 0 spiro atoms. The molecule has 8 heteroatoms. The highest BCUT2D eigenvalue weighted by Crippen LogP contribution is 2.19. The van der Waals surface area contributed by atoms with Crippen LogP contribution in [0.25, 0.3) is 0 Å². The maximum Gasteiger partial charge on any atom is 0.330 e. The Kier molecular flexibility index (Phi) is 12.6. The van der Waals surface area contributed by atoms with Crippen molar-refractivity contribution in [1.82, 2.24) is 0 Å². The molecule has 1 aromatic rings. The van der Waals surface area contributed by atoms with Gasteiger partial charge in [-0.25, -0.2) is 9.59 Å². The summed E-state index contributed by atoms with van der Waals surface area (Å²) in [5.74, 6) is 0.299. The van der Waals surface area contributed by atoms with Crippen molar-refractivity contribution in [2.75, 3.05) is 52.9 Å². The number of benzene rings is 1. The van der Waals surface area contributed by atoms with Gasteiger partial charge >= 0.3 is 11.9 Å². The molecule has 0 aliphatic heterocycles. The van der Waals surface area contributed by atoms with Crippen LogP contribution in [0.3, 0.4) is 0 Å². The minimum absolute atomic E-state index is 0.141. The average molecular weight is 394 g/mol. The zero-order valence-electron chi connectivity index (χ0n) is 15.8. The van der Waals surface area contributed by atoms with Gasteiger partial charge < -0.3 is 28.4 Å². The molecule has 0 atom stereocenters. The van der Waals surface area contributed by atoms with Crippen LogP contribution in [-0.2, 0) is 28.5 Å². The topological polar surface area (TPSA) is 89.5 Å². The van der Waals surface area contributed by atoms with Crippen molar-refractivity contribution in [2.24, 2.45) is 0 Å². The highest BCUT2D eigenvalue weighted by Gasteiger charge is 2.00. The van der Waals surface area contributed by atoms with Crippen LogP contribution in [-0.4, -0.2) is 64.8 Å². The summed E-state index contributed by atoms with van der Waals surface area (Å²) < 4.78 is 31.3. The monoisotopic (exact) mass is 394 g/mol. The van der Waals surface area contributed by atoms with E-state index < -0.39 is 11.9 Å². The number of hydrogen-bond donors (Lipinski definition) is 0. The second-order valence-electron chi connectivity index (χ2n) is 5.14. The van der Waals surface area contributed by atoms with Crippen LogP contribution in [0.5, 0.6) is 11.5 Å². The van der Waals surface area contributed by atoms with Gasteiger partial charge in [0.15, 0.2) is 0 Å². The third kappa shape index (κ3) is 11.7.